The van der Waals surface area contributed by atoms with E-state index in [2.05, 4.69) is 10.6 Å². The lowest BCUT2D eigenvalue weighted by molar-refractivity contribution is -0.135. The van der Waals surface area contributed by atoms with Crippen molar-refractivity contribution in [1.29, 1.82) is 0 Å². The molecule has 1 aliphatic rings. The Labute approximate surface area is 91.3 Å². The first-order valence-corrected chi connectivity index (χ1v) is 4.84. The maximum absolute atomic E-state index is 11.1. The molecule has 0 spiro atoms. The van der Waals surface area contributed by atoms with Crippen LogP contribution in [-0.2, 0) is 9.59 Å². The van der Waals surface area contributed by atoms with Gasteiger partial charge < -0.3 is 5.32 Å². The summed E-state index contributed by atoms with van der Waals surface area (Å²) in [6, 6.07) is 11.3. The van der Waals surface area contributed by atoms with Gasteiger partial charge in [0.2, 0.25) is 0 Å². The quantitative estimate of drug-likeness (QED) is 0.672. The summed E-state index contributed by atoms with van der Waals surface area (Å²) in [5, 5.41) is 8.25. The predicted molar refractivity (Wildman–Crippen MR) is 59.4 cm³/mol. The predicted octanol–water partition coefficient (Wildman–Crippen LogP) is 1.55. The van der Waals surface area contributed by atoms with Gasteiger partial charge in [-0.05, 0) is 22.9 Å². The Bertz CT molecular complexity index is 565. The molecule has 0 unspecified atom stereocenters. The number of amides is 2. The third kappa shape index (κ3) is 1.24. The maximum atomic E-state index is 11.1. The van der Waals surface area contributed by atoms with Gasteiger partial charge in [0.15, 0.2) is 0 Å². The van der Waals surface area contributed by atoms with Gasteiger partial charge in [0.25, 0.3) is 0 Å². The smallest absolute Gasteiger partial charge is 0.316 e. The minimum Gasteiger partial charge on any atom is -0.316 e. The van der Waals surface area contributed by atoms with Crippen LogP contribution in [0.15, 0.2) is 36.4 Å². The molecule has 3 rings (SSSR count). The summed E-state index contributed by atoms with van der Waals surface area (Å²) in [5.41, 5.74) is 1.10. The van der Waals surface area contributed by atoms with E-state index in [0.29, 0.717) is 11.4 Å². The number of anilines is 1. The second-order valence-corrected chi connectivity index (χ2v) is 3.59. The van der Waals surface area contributed by atoms with Gasteiger partial charge in [0.1, 0.15) is 0 Å². The molecule has 4 nitrogen and oxygen atoms in total. The van der Waals surface area contributed by atoms with Crippen LogP contribution in [0.25, 0.3) is 10.8 Å². The fourth-order valence-electron chi connectivity index (χ4n) is 1.76. The molecule has 0 aliphatic carbocycles. The average molecular weight is 211 g/mol. The first kappa shape index (κ1) is 8.91. The molecular formula is C12H7N2O2. The van der Waals surface area contributed by atoms with Gasteiger partial charge in [-0.15, -0.1) is 0 Å². The number of nitrogens with zero attached hydrogens (tertiary/aromatic N) is 1. The van der Waals surface area contributed by atoms with E-state index >= 15 is 0 Å². The largest absolute Gasteiger partial charge is 0.335 e. The summed E-state index contributed by atoms with van der Waals surface area (Å²) >= 11 is 0. The SMILES string of the molecule is O=C1[N]c2cc3ccccc3cc2NC1=O. The summed E-state index contributed by atoms with van der Waals surface area (Å²) in [4.78, 5) is 22.3. The molecule has 0 saturated carbocycles. The van der Waals surface area contributed by atoms with Crippen LogP contribution >= 0.6 is 0 Å². The number of rotatable bonds is 0. The highest BCUT2D eigenvalue weighted by Gasteiger charge is 2.24. The van der Waals surface area contributed by atoms with Gasteiger partial charge in [-0.1, -0.05) is 24.3 Å². The third-order valence-corrected chi connectivity index (χ3v) is 2.53. The number of carbonyl (C=O) groups excluding carboxylic acids is 2. The molecule has 2 aromatic rings. The topological polar surface area (TPSA) is 60.3 Å². The van der Waals surface area contributed by atoms with Gasteiger partial charge in [-0.3, -0.25) is 9.59 Å². The fraction of sp³-hybridized carbons (Fsp3) is 0. The first-order valence-electron chi connectivity index (χ1n) is 4.84. The van der Waals surface area contributed by atoms with Crippen molar-refractivity contribution in [2.75, 3.05) is 5.32 Å². The summed E-state index contributed by atoms with van der Waals surface area (Å²) in [5.74, 6) is -1.43. The molecule has 2 amide bonds. The van der Waals surface area contributed by atoms with Crippen molar-refractivity contribution in [2.24, 2.45) is 0 Å². The van der Waals surface area contributed by atoms with Crippen LogP contribution in [0.5, 0.6) is 0 Å². The van der Waals surface area contributed by atoms with E-state index in [9.17, 15) is 9.59 Å². The maximum Gasteiger partial charge on any atom is 0.335 e. The average Bonchev–Trinajstić information content (AvgIpc) is 2.28. The number of fused-ring (bicyclic) bond motifs is 2. The summed E-state index contributed by atoms with van der Waals surface area (Å²) < 4.78 is 0. The van der Waals surface area contributed by atoms with E-state index in [1.54, 1.807) is 6.07 Å². The summed E-state index contributed by atoms with van der Waals surface area (Å²) in [7, 11) is 0. The molecule has 0 saturated heterocycles. The minimum absolute atomic E-state index is 0.517. The Hall–Kier alpha value is -2.36. The number of carbonyl (C=O) groups is 2. The Morgan fingerprint density at radius 2 is 1.69 bits per heavy atom. The van der Waals surface area contributed by atoms with Crippen LogP contribution in [0.3, 0.4) is 0 Å². The van der Waals surface area contributed by atoms with E-state index in [0.717, 1.165) is 10.8 Å². The van der Waals surface area contributed by atoms with E-state index in [1.807, 2.05) is 30.3 Å². The van der Waals surface area contributed by atoms with E-state index in [4.69, 9.17) is 0 Å². The van der Waals surface area contributed by atoms with Gasteiger partial charge in [0.05, 0.1) is 11.4 Å². The van der Waals surface area contributed by atoms with Crippen molar-refractivity contribution in [3.05, 3.63) is 36.4 Å². The Balaban J connectivity index is 2.24. The number of hydrogen-bond acceptors (Lipinski definition) is 2. The molecule has 4 heteroatoms. The Morgan fingerprint density at radius 1 is 1.00 bits per heavy atom. The van der Waals surface area contributed by atoms with Crippen molar-refractivity contribution in [2.45, 2.75) is 0 Å². The molecule has 16 heavy (non-hydrogen) atoms. The van der Waals surface area contributed by atoms with Crippen LogP contribution in [0, 0.1) is 0 Å². The first-order chi connectivity index (χ1) is 7.74. The molecule has 0 bridgehead atoms. The second-order valence-electron chi connectivity index (χ2n) is 3.59. The van der Waals surface area contributed by atoms with Crippen molar-refractivity contribution >= 4 is 34.0 Å². The Morgan fingerprint density at radius 3 is 2.44 bits per heavy atom. The lowest BCUT2D eigenvalue weighted by Crippen LogP contribution is -2.33. The molecule has 0 aromatic heterocycles. The molecule has 1 heterocycles. The molecule has 0 atom stereocenters. The normalized spacial score (nSPS) is 14.2. The molecule has 1 N–H and O–H groups in total. The lowest BCUT2D eigenvalue weighted by Gasteiger charge is -2.15. The van der Waals surface area contributed by atoms with Crippen molar-refractivity contribution < 1.29 is 9.59 Å². The van der Waals surface area contributed by atoms with E-state index < -0.39 is 11.8 Å². The van der Waals surface area contributed by atoms with Crippen LogP contribution in [0.1, 0.15) is 0 Å². The summed E-state index contributed by atoms with van der Waals surface area (Å²) in [6.07, 6.45) is 0. The van der Waals surface area contributed by atoms with Gasteiger partial charge in [-0.2, -0.15) is 0 Å². The lowest BCUT2D eigenvalue weighted by atomic mass is 10.1. The van der Waals surface area contributed by atoms with Crippen LogP contribution in [-0.4, -0.2) is 11.8 Å². The number of benzene rings is 2. The van der Waals surface area contributed by atoms with Crippen molar-refractivity contribution in [3.8, 4) is 0 Å². The minimum atomic E-state index is -0.747. The van der Waals surface area contributed by atoms with E-state index in [1.165, 1.54) is 0 Å². The van der Waals surface area contributed by atoms with Gasteiger partial charge >= 0.3 is 11.8 Å². The zero-order valence-corrected chi connectivity index (χ0v) is 8.23. The molecule has 2 aromatic carbocycles. The standard InChI is InChI=1S/C12H7N2O2/c15-11-12(16)14-10-6-8-4-2-1-3-7(8)5-9(10)13-11/h1-6H,(H,13,15). The molecule has 1 radical (unpaired) electrons. The van der Waals surface area contributed by atoms with E-state index in [-0.39, 0.29) is 0 Å². The zero-order valence-electron chi connectivity index (χ0n) is 8.23. The van der Waals surface area contributed by atoms with Crippen LogP contribution in [0.2, 0.25) is 0 Å². The molecule has 1 aliphatic heterocycles. The van der Waals surface area contributed by atoms with Crippen molar-refractivity contribution in [3.63, 3.8) is 0 Å². The third-order valence-electron chi connectivity index (χ3n) is 2.53. The molecule has 77 valence electrons. The van der Waals surface area contributed by atoms with Gasteiger partial charge in [0, 0.05) is 0 Å². The molecule has 0 fully saturated rings. The van der Waals surface area contributed by atoms with Crippen molar-refractivity contribution in [1.82, 2.24) is 5.32 Å². The summed E-state index contributed by atoms with van der Waals surface area (Å²) in [6.45, 7) is 0. The Kier molecular flexibility index (Phi) is 1.71. The number of hydrogen-bond donors (Lipinski definition) is 1. The zero-order chi connectivity index (χ0) is 11.1. The number of nitrogens with one attached hydrogen (secondary N) is 1. The highest BCUT2D eigenvalue weighted by Crippen LogP contribution is 2.30. The molecular weight excluding hydrogens is 204 g/mol. The monoisotopic (exact) mass is 211 g/mol. The highest BCUT2D eigenvalue weighted by molar-refractivity contribution is 6.42. The second kappa shape index (κ2) is 3.06. The van der Waals surface area contributed by atoms with Crippen LogP contribution < -0.4 is 10.6 Å². The van der Waals surface area contributed by atoms with Gasteiger partial charge in [-0.25, -0.2) is 5.32 Å². The van der Waals surface area contributed by atoms with Crippen LogP contribution in [0.4, 0.5) is 11.4 Å². The highest BCUT2D eigenvalue weighted by atomic mass is 16.2. The fourth-order valence-corrected chi connectivity index (χ4v) is 1.76.